The molecule has 0 heterocycles. The molecule has 2 aromatic carbocycles. The molecular weight excluding hydrogens is 620 g/mol. The van der Waals surface area contributed by atoms with E-state index in [9.17, 15) is 4.79 Å². The van der Waals surface area contributed by atoms with Crippen LogP contribution in [0.3, 0.4) is 0 Å². The maximum atomic E-state index is 13.2. The minimum Gasteiger partial charge on any atom is -0.477 e. The SMILES string of the molecule is C/C=C\C.C=C(NCC(CC(=O)Oc1cccc(C)c1/C(=C\C)CCN(C)C)c1ccc(Cl)cc1)OCCOCCC.CCC.CCC. The van der Waals surface area contributed by atoms with Gasteiger partial charge in [0, 0.05) is 36.2 Å². The van der Waals surface area contributed by atoms with Crippen LogP contribution in [0.5, 0.6) is 5.75 Å². The van der Waals surface area contributed by atoms with Crippen LogP contribution in [-0.2, 0) is 14.3 Å². The van der Waals surface area contributed by atoms with Gasteiger partial charge in [-0.1, -0.05) is 102 Å². The van der Waals surface area contributed by atoms with E-state index in [1.165, 1.54) is 12.8 Å². The molecule has 7 heteroatoms. The zero-order valence-electron chi connectivity index (χ0n) is 32.1. The molecule has 1 unspecified atom stereocenters. The summed E-state index contributed by atoms with van der Waals surface area (Å²) in [6.45, 7) is 25.6. The Bertz CT molecular complexity index is 1150. The Morgan fingerprint density at radius 1 is 0.938 bits per heavy atom. The summed E-state index contributed by atoms with van der Waals surface area (Å²) in [5, 5.41) is 3.85. The van der Waals surface area contributed by atoms with Crippen molar-refractivity contribution in [2.45, 2.75) is 100 Å². The summed E-state index contributed by atoms with van der Waals surface area (Å²) in [5.74, 6) is 0.558. The Morgan fingerprint density at radius 2 is 1.54 bits per heavy atom. The van der Waals surface area contributed by atoms with Gasteiger partial charge in [0.1, 0.15) is 12.4 Å². The van der Waals surface area contributed by atoms with Crippen LogP contribution in [-0.4, -0.2) is 57.9 Å². The summed E-state index contributed by atoms with van der Waals surface area (Å²) < 4.78 is 17.1. The molecule has 2 rings (SSSR count). The smallest absolute Gasteiger partial charge is 0.311 e. The van der Waals surface area contributed by atoms with Gasteiger partial charge in [0.15, 0.2) is 5.88 Å². The van der Waals surface area contributed by atoms with E-state index in [0.717, 1.165) is 41.6 Å². The van der Waals surface area contributed by atoms with E-state index in [-0.39, 0.29) is 18.3 Å². The monoisotopic (exact) mass is 686 g/mol. The topological polar surface area (TPSA) is 60.0 Å². The molecule has 0 aliphatic rings. The van der Waals surface area contributed by atoms with Crippen molar-refractivity contribution in [2.75, 3.05) is 47.0 Å². The van der Waals surface area contributed by atoms with Gasteiger partial charge in [0.05, 0.1) is 13.0 Å². The van der Waals surface area contributed by atoms with Crippen LogP contribution >= 0.6 is 11.6 Å². The molecule has 0 aliphatic heterocycles. The van der Waals surface area contributed by atoms with E-state index in [4.69, 9.17) is 25.8 Å². The highest BCUT2D eigenvalue weighted by Gasteiger charge is 2.21. The number of hydrogen-bond acceptors (Lipinski definition) is 6. The maximum absolute atomic E-state index is 13.2. The fraction of sp³-hybridized carbons (Fsp3) is 0.537. The quantitative estimate of drug-likeness (QED) is 0.0587. The Labute approximate surface area is 299 Å². The summed E-state index contributed by atoms with van der Waals surface area (Å²) in [4.78, 5) is 15.4. The highest BCUT2D eigenvalue weighted by atomic mass is 35.5. The first kappa shape index (κ1) is 47.1. The molecule has 0 amide bonds. The molecule has 272 valence electrons. The van der Waals surface area contributed by atoms with Gasteiger partial charge in [-0.25, -0.2) is 0 Å². The fourth-order valence-corrected chi connectivity index (χ4v) is 4.19. The van der Waals surface area contributed by atoms with Crippen LogP contribution in [0.1, 0.15) is 110 Å². The van der Waals surface area contributed by atoms with Crippen molar-refractivity contribution < 1.29 is 19.0 Å². The molecule has 0 spiro atoms. The zero-order valence-corrected chi connectivity index (χ0v) is 32.8. The molecule has 0 aromatic heterocycles. The third kappa shape index (κ3) is 23.3. The predicted molar refractivity (Wildman–Crippen MR) is 209 cm³/mol. The number of rotatable bonds is 17. The summed E-state index contributed by atoms with van der Waals surface area (Å²) in [5.41, 5.74) is 4.20. The maximum Gasteiger partial charge on any atom is 0.311 e. The van der Waals surface area contributed by atoms with E-state index < -0.39 is 0 Å². The first-order valence-electron chi connectivity index (χ1n) is 17.6. The summed E-state index contributed by atoms with van der Waals surface area (Å²) in [7, 11) is 4.11. The van der Waals surface area contributed by atoms with E-state index >= 15 is 0 Å². The largest absolute Gasteiger partial charge is 0.477 e. The van der Waals surface area contributed by atoms with Crippen molar-refractivity contribution in [2.24, 2.45) is 0 Å². The van der Waals surface area contributed by atoms with Gasteiger partial charge in [-0.05, 0) is 96.1 Å². The molecule has 6 nitrogen and oxygen atoms in total. The van der Waals surface area contributed by atoms with Crippen LogP contribution in [0.4, 0.5) is 0 Å². The Kier molecular flexibility index (Phi) is 30.6. The van der Waals surface area contributed by atoms with Crippen molar-refractivity contribution in [3.05, 3.63) is 94.9 Å². The molecule has 0 bridgehead atoms. The van der Waals surface area contributed by atoms with Gasteiger partial charge in [0.25, 0.3) is 0 Å². The molecule has 1 N–H and O–H groups in total. The number of hydrogen-bond donors (Lipinski definition) is 1. The highest BCUT2D eigenvalue weighted by Crippen LogP contribution is 2.32. The highest BCUT2D eigenvalue weighted by molar-refractivity contribution is 6.30. The lowest BCUT2D eigenvalue weighted by atomic mass is 9.95. The van der Waals surface area contributed by atoms with E-state index in [0.29, 0.717) is 43.0 Å². The lowest BCUT2D eigenvalue weighted by molar-refractivity contribution is -0.134. The number of esters is 1. The van der Waals surface area contributed by atoms with Gasteiger partial charge in [-0.2, -0.15) is 0 Å². The molecule has 0 fully saturated rings. The van der Waals surface area contributed by atoms with Crippen LogP contribution in [0, 0.1) is 6.92 Å². The standard InChI is InChI=1S/C31H43ClN2O4.C4H8.2C3H8/c1-7-18-36-19-20-37-24(4)33-22-27(26-12-14-28(32)15-13-26)21-30(35)38-29-11-9-10-23(3)31(29)25(8-2)16-17-34(5)6;1-3-4-2;2*1-3-2/h8-15,27,33H,4,7,16-22H2,1-3,5-6H3;3-4H,1-2H3;2*3H2,1-2H3/b25-8-;4-3-;;. The third-order valence-corrected chi connectivity index (χ3v) is 6.69. The summed E-state index contributed by atoms with van der Waals surface area (Å²) in [6.07, 6.45) is 10.6. The number of aryl methyl sites for hydroxylation is 1. The van der Waals surface area contributed by atoms with Crippen molar-refractivity contribution in [3.8, 4) is 5.75 Å². The van der Waals surface area contributed by atoms with Crippen LogP contribution in [0.25, 0.3) is 5.57 Å². The molecule has 0 saturated carbocycles. The van der Waals surface area contributed by atoms with Crippen LogP contribution < -0.4 is 10.1 Å². The van der Waals surface area contributed by atoms with Gasteiger partial charge < -0.3 is 24.4 Å². The minimum atomic E-state index is -0.304. The number of ether oxygens (including phenoxy) is 3. The molecule has 1 atom stereocenters. The number of carbonyl (C=O) groups is 1. The number of allylic oxidation sites excluding steroid dienone is 3. The molecule has 0 radical (unpaired) electrons. The minimum absolute atomic E-state index is 0.167. The number of halogens is 1. The lowest BCUT2D eigenvalue weighted by Crippen LogP contribution is -2.26. The Balaban J connectivity index is 0. The Morgan fingerprint density at radius 3 is 2.06 bits per heavy atom. The van der Waals surface area contributed by atoms with E-state index in [1.807, 2.05) is 82.3 Å². The van der Waals surface area contributed by atoms with E-state index in [1.54, 1.807) is 0 Å². The molecular formula is C41H67ClN2O4. The van der Waals surface area contributed by atoms with Gasteiger partial charge in [0.2, 0.25) is 0 Å². The second-order valence-corrected chi connectivity index (χ2v) is 12.0. The average molecular weight is 687 g/mol. The van der Waals surface area contributed by atoms with Gasteiger partial charge >= 0.3 is 5.97 Å². The van der Waals surface area contributed by atoms with Crippen molar-refractivity contribution in [3.63, 3.8) is 0 Å². The number of benzene rings is 2. The van der Waals surface area contributed by atoms with E-state index in [2.05, 4.69) is 71.6 Å². The number of nitrogens with zero attached hydrogens (tertiary/aromatic N) is 1. The lowest BCUT2D eigenvalue weighted by Gasteiger charge is -2.21. The third-order valence-electron chi connectivity index (χ3n) is 6.44. The normalized spacial score (nSPS) is 11.3. The Hall–Kier alpha value is -3.06. The predicted octanol–water partition coefficient (Wildman–Crippen LogP) is 11.0. The average Bonchev–Trinajstić information content (AvgIpc) is 3.05. The van der Waals surface area contributed by atoms with Gasteiger partial charge in [-0.3, -0.25) is 4.79 Å². The van der Waals surface area contributed by atoms with Crippen molar-refractivity contribution >= 4 is 23.1 Å². The molecule has 2 aromatic rings. The second-order valence-electron chi connectivity index (χ2n) is 11.6. The molecule has 48 heavy (non-hydrogen) atoms. The first-order valence-corrected chi connectivity index (χ1v) is 17.9. The molecule has 0 aliphatic carbocycles. The number of carbonyl (C=O) groups excluding carboxylic acids is 1. The second kappa shape index (κ2) is 31.2. The van der Waals surface area contributed by atoms with Crippen molar-refractivity contribution in [1.29, 1.82) is 0 Å². The number of nitrogens with one attached hydrogen (secondary N) is 1. The van der Waals surface area contributed by atoms with Gasteiger partial charge in [-0.15, -0.1) is 0 Å². The van der Waals surface area contributed by atoms with Crippen LogP contribution in [0.15, 0.2) is 73.2 Å². The summed E-state index contributed by atoms with van der Waals surface area (Å²) in [6, 6.07) is 13.4. The first-order chi connectivity index (χ1) is 23.0. The summed E-state index contributed by atoms with van der Waals surface area (Å²) >= 11 is 6.11. The molecule has 0 saturated heterocycles. The zero-order chi connectivity index (χ0) is 36.7. The van der Waals surface area contributed by atoms with Crippen molar-refractivity contribution in [1.82, 2.24) is 10.2 Å². The van der Waals surface area contributed by atoms with Crippen LogP contribution in [0.2, 0.25) is 5.02 Å². The fourth-order valence-electron chi connectivity index (χ4n) is 4.06.